The van der Waals surface area contributed by atoms with Gasteiger partial charge in [-0.2, -0.15) is 0 Å². The van der Waals surface area contributed by atoms with Crippen molar-refractivity contribution in [3.63, 3.8) is 0 Å². The van der Waals surface area contributed by atoms with E-state index in [0.717, 1.165) is 29.4 Å². The van der Waals surface area contributed by atoms with Gasteiger partial charge in [-0.25, -0.2) is 0 Å². The van der Waals surface area contributed by atoms with Crippen molar-refractivity contribution < 1.29 is 4.42 Å². The van der Waals surface area contributed by atoms with Gasteiger partial charge < -0.3 is 14.6 Å². The largest absolute Gasteiger partial charge is 0.464 e. The first kappa shape index (κ1) is 11.5. The van der Waals surface area contributed by atoms with Crippen LogP contribution in [0, 0.1) is 6.92 Å². The normalized spacial score (nSPS) is 10.3. The molecule has 2 aromatic rings. The number of nitrogens with zero attached hydrogens (tertiary/aromatic N) is 2. The predicted molar refractivity (Wildman–Crippen MR) is 69.3 cm³/mol. The second-order valence-corrected chi connectivity index (χ2v) is 4.05. The smallest absolute Gasteiger partial charge is 0.123 e. The summed E-state index contributed by atoms with van der Waals surface area (Å²) in [5, 5.41) is 3.08. The Balaban J connectivity index is 2.11. The molecule has 0 aliphatic carbocycles. The fourth-order valence-corrected chi connectivity index (χ4v) is 1.67. The minimum absolute atomic E-state index is 0.739. The Hall–Kier alpha value is -1.97. The van der Waals surface area contributed by atoms with Crippen molar-refractivity contribution in [1.82, 2.24) is 4.98 Å². The molecule has 0 saturated heterocycles. The van der Waals surface area contributed by atoms with Crippen molar-refractivity contribution in [2.24, 2.45) is 0 Å². The summed E-state index contributed by atoms with van der Waals surface area (Å²) < 4.78 is 5.55. The van der Waals surface area contributed by atoms with Gasteiger partial charge in [0, 0.05) is 14.1 Å². The molecule has 2 aromatic heterocycles. The van der Waals surface area contributed by atoms with Crippen LogP contribution in [0.1, 0.15) is 11.5 Å². The highest BCUT2D eigenvalue weighted by molar-refractivity contribution is 5.54. The van der Waals surface area contributed by atoms with Gasteiger partial charge in [-0.1, -0.05) is 0 Å². The maximum Gasteiger partial charge on any atom is 0.123 e. The van der Waals surface area contributed by atoms with Crippen molar-refractivity contribution in [1.29, 1.82) is 0 Å². The Morgan fingerprint density at radius 1 is 1.35 bits per heavy atom. The number of aromatic nitrogens is 1. The Bertz CT molecular complexity index is 493. The fraction of sp³-hybridized carbons (Fsp3) is 0.308. The molecule has 0 radical (unpaired) electrons. The molecule has 0 bridgehead atoms. The number of aryl methyl sites for hydroxylation is 1. The van der Waals surface area contributed by atoms with E-state index in [0.29, 0.717) is 0 Å². The van der Waals surface area contributed by atoms with E-state index in [4.69, 9.17) is 4.42 Å². The molecule has 90 valence electrons. The SMILES string of the molecule is CNc1cncc(N(C)Cc2ccc(C)o2)c1. The van der Waals surface area contributed by atoms with Crippen molar-refractivity contribution in [3.05, 3.63) is 42.1 Å². The van der Waals surface area contributed by atoms with Crippen molar-refractivity contribution in [2.45, 2.75) is 13.5 Å². The van der Waals surface area contributed by atoms with Gasteiger partial charge in [0.15, 0.2) is 0 Å². The Morgan fingerprint density at radius 2 is 2.18 bits per heavy atom. The molecular weight excluding hydrogens is 214 g/mol. The predicted octanol–water partition coefficient (Wildman–Crippen LogP) is 2.66. The average molecular weight is 231 g/mol. The lowest BCUT2D eigenvalue weighted by Gasteiger charge is -2.18. The summed E-state index contributed by atoms with van der Waals surface area (Å²) in [5.41, 5.74) is 2.07. The monoisotopic (exact) mass is 231 g/mol. The second kappa shape index (κ2) is 4.91. The lowest BCUT2D eigenvalue weighted by atomic mass is 10.3. The van der Waals surface area contributed by atoms with Gasteiger partial charge in [0.1, 0.15) is 11.5 Å². The summed E-state index contributed by atoms with van der Waals surface area (Å²) in [6.07, 6.45) is 3.64. The molecule has 4 nitrogen and oxygen atoms in total. The van der Waals surface area contributed by atoms with Crippen molar-refractivity contribution in [3.8, 4) is 0 Å². The van der Waals surface area contributed by atoms with E-state index in [1.54, 1.807) is 6.20 Å². The van der Waals surface area contributed by atoms with Crippen LogP contribution in [-0.2, 0) is 6.54 Å². The number of hydrogen-bond donors (Lipinski definition) is 1. The number of pyridine rings is 1. The number of furan rings is 1. The third-order valence-electron chi connectivity index (χ3n) is 2.64. The number of anilines is 2. The molecule has 2 rings (SSSR count). The zero-order valence-corrected chi connectivity index (χ0v) is 10.4. The molecule has 0 amide bonds. The summed E-state index contributed by atoms with van der Waals surface area (Å²) >= 11 is 0. The van der Waals surface area contributed by atoms with E-state index in [9.17, 15) is 0 Å². The van der Waals surface area contributed by atoms with Gasteiger partial charge in [0.25, 0.3) is 0 Å². The van der Waals surface area contributed by atoms with Crippen LogP contribution in [0.5, 0.6) is 0 Å². The molecule has 0 aliphatic heterocycles. The van der Waals surface area contributed by atoms with Gasteiger partial charge in [-0.05, 0) is 25.1 Å². The molecule has 2 heterocycles. The van der Waals surface area contributed by atoms with Crippen LogP contribution in [0.2, 0.25) is 0 Å². The van der Waals surface area contributed by atoms with Crippen LogP contribution in [0.15, 0.2) is 35.0 Å². The zero-order valence-electron chi connectivity index (χ0n) is 10.4. The minimum atomic E-state index is 0.739. The van der Waals surface area contributed by atoms with E-state index in [-0.39, 0.29) is 0 Å². The summed E-state index contributed by atoms with van der Waals surface area (Å²) in [7, 11) is 3.91. The Kier molecular flexibility index (Phi) is 3.32. The first-order chi connectivity index (χ1) is 8.19. The highest BCUT2D eigenvalue weighted by Gasteiger charge is 2.06. The van der Waals surface area contributed by atoms with Gasteiger partial charge >= 0.3 is 0 Å². The summed E-state index contributed by atoms with van der Waals surface area (Å²) in [5.74, 6) is 1.90. The third kappa shape index (κ3) is 2.78. The van der Waals surface area contributed by atoms with Gasteiger partial charge in [-0.3, -0.25) is 4.98 Å². The van der Waals surface area contributed by atoms with Gasteiger partial charge in [0.05, 0.1) is 30.3 Å². The molecule has 0 unspecified atom stereocenters. The van der Waals surface area contributed by atoms with Crippen LogP contribution in [0.25, 0.3) is 0 Å². The molecule has 0 spiro atoms. The first-order valence-corrected chi connectivity index (χ1v) is 5.58. The topological polar surface area (TPSA) is 41.3 Å². The number of hydrogen-bond acceptors (Lipinski definition) is 4. The lowest BCUT2D eigenvalue weighted by Crippen LogP contribution is -2.16. The van der Waals surface area contributed by atoms with Crippen LogP contribution >= 0.6 is 0 Å². The van der Waals surface area contributed by atoms with Crippen molar-refractivity contribution >= 4 is 11.4 Å². The second-order valence-electron chi connectivity index (χ2n) is 4.05. The van der Waals surface area contributed by atoms with Gasteiger partial charge in [-0.15, -0.1) is 0 Å². The highest BCUT2D eigenvalue weighted by atomic mass is 16.3. The van der Waals surface area contributed by atoms with E-state index >= 15 is 0 Å². The molecule has 0 atom stereocenters. The molecule has 0 fully saturated rings. The quantitative estimate of drug-likeness (QED) is 0.878. The lowest BCUT2D eigenvalue weighted by molar-refractivity contribution is 0.482. The standard InChI is InChI=1S/C13H17N3O/c1-10-4-5-13(17-10)9-16(3)12-6-11(14-2)7-15-8-12/h4-8,14H,9H2,1-3H3. The van der Waals surface area contributed by atoms with E-state index in [2.05, 4.69) is 21.3 Å². The average Bonchev–Trinajstić information content (AvgIpc) is 2.75. The Morgan fingerprint density at radius 3 is 2.82 bits per heavy atom. The summed E-state index contributed by atoms with van der Waals surface area (Å²) in [6.45, 7) is 2.69. The molecule has 0 aliphatic rings. The highest BCUT2D eigenvalue weighted by Crippen LogP contribution is 2.18. The third-order valence-corrected chi connectivity index (χ3v) is 2.64. The van der Waals surface area contributed by atoms with Crippen LogP contribution < -0.4 is 10.2 Å². The molecule has 17 heavy (non-hydrogen) atoms. The van der Waals surface area contributed by atoms with Crippen LogP contribution in [0.4, 0.5) is 11.4 Å². The Labute approximate surface area is 101 Å². The zero-order chi connectivity index (χ0) is 12.3. The summed E-state index contributed by atoms with van der Waals surface area (Å²) in [4.78, 5) is 6.29. The van der Waals surface area contributed by atoms with Crippen molar-refractivity contribution in [2.75, 3.05) is 24.3 Å². The van der Waals surface area contributed by atoms with E-state index < -0.39 is 0 Å². The molecule has 0 saturated carbocycles. The maximum absolute atomic E-state index is 5.55. The number of rotatable bonds is 4. The van der Waals surface area contributed by atoms with Gasteiger partial charge in [0.2, 0.25) is 0 Å². The molecule has 1 N–H and O–H groups in total. The molecule has 0 aromatic carbocycles. The van der Waals surface area contributed by atoms with Crippen LogP contribution in [-0.4, -0.2) is 19.1 Å². The first-order valence-electron chi connectivity index (χ1n) is 5.58. The molecular formula is C13H17N3O. The van der Waals surface area contributed by atoms with E-state index in [1.165, 1.54) is 0 Å². The van der Waals surface area contributed by atoms with E-state index in [1.807, 2.05) is 39.3 Å². The maximum atomic E-state index is 5.55. The minimum Gasteiger partial charge on any atom is -0.464 e. The summed E-state index contributed by atoms with van der Waals surface area (Å²) in [6, 6.07) is 6.04. The fourth-order valence-electron chi connectivity index (χ4n) is 1.67. The number of nitrogens with one attached hydrogen (secondary N) is 1. The van der Waals surface area contributed by atoms with Crippen LogP contribution in [0.3, 0.4) is 0 Å². The molecule has 4 heteroatoms.